The van der Waals surface area contributed by atoms with Crippen LogP contribution in [0, 0.1) is 0 Å². The van der Waals surface area contributed by atoms with Crippen molar-refractivity contribution in [2.24, 2.45) is 0 Å². The maximum absolute atomic E-state index is 13.8. The first-order valence-corrected chi connectivity index (χ1v) is 11.4. The zero-order valence-electron chi connectivity index (χ0n) is 18.0. The second-order valence-electron chi connectivity index (χ2n) is 9.29. The molecule has 160 valence electrons. The standard InChI is InChI=1S/C27H13N6O2/c34-26-15-7-8-20-25-23(15)32-22-16(12-28-13-17(22)26)21-27(32)31(11-9-29-21)33(25)24-14(4-3-6-19(24)35-20)18-5-1-2-10-30(18)33/h1-13H/q+3. The molecule has 8 heterocycles. The van der Waals surface area contributed by atoms with Gasteiger partial charge >= 0.3 is 11.3 Å². The normalized spacial score (nSPS) is 18.2. The Morgan fingerprint density at radius 2 is 1.74 bits per heavy atom. The van der Waals surface area contributed by atoms with Crippen molar-refractivity contribution in [2.45, 2.75) is 0 Å². The largest absolute Gasteiger partial charge is 0.444 e. The summed E-state index contributed by atoms with van der Waals surface area (Å²) in [6.07, 6.45) is 9.44. The van der Waals surface area contributed by atoms with Gasteiger partial charge in [-0.3, -0.25) is 9.78 Å². The van der Waals surface area contributed by atoms with Gasteiger partial charge in [-0.05, 0) is 30.3 Å². The summed E-state index contributed by atoms with van der Waals surface area (Å²) in [5, 5.41) is 2.11. The Balaban J connectivity index is 1.64. The zero-order valence-corrected chi connectivity index (χ0v) is 18.0. The minimum atomic E-state index is -0.0284. The quantitative estimate of drug-likeness (QED) is 0.200. The van der Waals surface area contributed by atoms with E-state index >= 15 is 0 Å². The summed E-state index contributed by atoms with van der Waals surface area (Å²) >= 11 is 0. The molecule has 5 aromatic heterocycles. The molecule has 0 N–H and O–H groups in total. The molecule has 10 rings (SSSR count). The number of nitrogens with zero attached hydrogens (tertiary/aromatic N) is 6. The van der Waals surface area contributed by atoms with Gasteiger partial charge in [-0.25, -0.2) is 4.98 Å². The van der Waals surface area contributed by atoms with Crippen LogP contribution in [-0.4, -0.2) is 14.4 Å². The number of quaternary nitrogens is 1. The molecule has 7 aromatic rings. The second kappa shape index (κ2) is 4.94. The summed E-state index contributed by atoms with van der Waals surface area (Å²) in [5.41, 5.74) is 7.51. The van der Waals surface area contributed by atoms with Crippen molar-refractivity contribution < 1.29 is 14.1 Å². The molecule has 0 aliphatic carbocycles. The molecule has 2 aromatic carbocycles. The number of hydrogen-bond acceptors (Lipinski definition) is 4. The van der Waals surface area contributed by atoms with E-state index in [-0.39, 0.29) is 10.1 Å². The van der Waals surface area contributed by atoms with Crippen molar-refractivity contribution in [1.82, 2.24) is 19.1 Å². The summed E-state index contributed by atoms with van der Waals surface area (Å²) in [4.78, 5) is 23.0. The molecule has 8 heteroatoms. The van der Waals surface area contributed by atoms with E-state index in [2.05, 4.69) is 43.1 Å². The Kier molecular flexibility index (Phi) is 2.35. The minimum Gasteiger partial charge on any atom is -0.444 e. The fourth-order valence-corrected chi connectivity index (χ4v) is 6.70. The maximum Gasteiger partial charge on any atom is 0.371 e. The van der Waals surface area contributed by atoms with Crippen LogP contribution in [0.25, 0.3) is 49.6 Å². The van der Waals surface area contributed by atoms with Crippen LogP contribution in [0.15, 0.2) is 84.3 Å². The van der Waals surface area contributed by atoms with E-state index < -0.39 is 0 Å². The van der Waals surface area contributed by atoms with Crippen LogP contribution in [0.5, 0.6) is 11.5 Å². The van der Waals surface area contributed by atoms with Crippen molar-refractivity contribution in [3.8, 4) is 22.8 Å². The first-order valence-electron chi connectivity index (χ1n) is 11.4. The second-order valence-corrected chi connectivity index (χ2v) is 9.29. The van der Waals surface area contributed by atoms with Gasteiger partial charge in [-0.1, -0.05) is 6.07 Å². The van der Waals surface area contributed by atoms with Crippen molar-refractivity contribution in [1.29, 1.82) is 0 Å². The number of rotatable bonds is 0. The van der Waals surface area contributed by atoms with Crippen LogP contribution in [0.1, 0.15) is 0 Å². The maximum atomic E-state index is 13.8. The summed E-state index contributed by atoms with van der Waals surface area (Å²) in [6.45, 7) is 0. The third-order valence-electron chi connectivity index (χ3n) is 7.86. The first kappa shape index (κ1) is 16.6. The molecule has 8 nitrogen and oxygen atoms in total. The van der Waals surface area contributed by atoms with Gasteiger partial charge in [0.25, 0.3) is 11.4 Å². The van der Waals surface area contributed by atoms with E-state index in [0.717, 1.165) is 61.7 Å². The highest BCUT2D eigenvalue weighted by atomic mass is 16.5. The number of ether oxygens (including phenoxy) is 1. The smallest absolute Gasteiger partial charge is 0.371 e. The minimum absolute atomic E-state index is 0.0284. The Labute approximate surface area is 195 Å². The number of aromatic nitrogens is 5. The molecule has 0 saturated heterocycles. The predicted molar refractivity (Wildman–Crippen MR) is 128 cm³/mol. The van der Waals surface area contributed by atoms with E-state index in [1.807, 2.05) is 48.9 Å². The highest BCUT2D eigenvalue weighted by Crippen LogP contribution is 2.58. The van der Waals surface area contributed by atoms with Crippen molar-refractivity contribution in [3.05, 3.63) is 89.7 Å². The molecular weight excluding hydrogens is 440 g/mol. The lowest BCUT2D eigenvalue weighted by atomic mass is 10.0. The Morgan fingerprint density at radius 1 is 0.829 bits per heavy atom. The van der Waals surface area contributed by atoms with Gasteiger partial charge in [-0.15, -0.1) is 0 Å². The van der Waals surface area contributed by atoms with Crippen LogP contribution < -0.4 is 24.2 Å². The van der Waals surface area contributed by atoms with Crippen LogP contribution in [-0.2, 0) is 0 Å². The van der Waals surface area contributed by atoms with Crippen LogP contribution in [0.3, 0.4) is 0 Å². The highest BCUT2D eigenvalue weighted by Gasteiger charge is 2.69. The molecule has 3 aliphatic heterocycles. The van der Waals surface area contributed by atoms with E-state index in [0.29, 0.717) is 10.8 Å². The van der Waals surface area contributed by atoms with Gasteiger partial charge < -0.3 is 4.74 Å². The fraction of sp³-hybridized carbons (Fsp3) is 0. The number of hydrogen-bond donors (Lipinski definition) is 0. The van der Waals surface area contributed by atoms with E-state index in [4.69, 9.17) is 9.72 Å². The van der Waals surface area contributed by atoms with E-state index in [1.54, 1.807) is 6.20 Å². The molecule has 0 radical (unpaired) electrons. The van der Waals surface area contributed by atoms with Gasteiger partial charge in [-0.2, -0.15) is 4.40 Å². The van der Waals surface area contributed by atoms with E-state index in [1.165, 1.54) is 0 Å². The molecule has 0 saturated carbocycles. The molecule has 1 atom stereocenters. The van der Waals surface area contributed by atoms with Crippen LogP contribution in [0.2, 0.25) is 0 Å². The Morgan fingerprint density at radius 3 is 2.71 bits per heavy atom. The predicted octanol–water partition coefficient (Wildman–Crippen LogP) is 3.53. The first-order chi connectivity index (χ1) is 17.3. The Bertz CT molecular complexity index is 2240. The third-order valence-corrected chi connectivity index (χ3v) is 7.86. The lowest BCUT2D eigenvalue weighted by molar-refractivity contribution is -1.02. The van der Waals surface area contributed by atoms with Crippen LogP contribution in [0.4, 0.5) is 11.4 Å². The third kappa shape index (κ3) is 1.45. The highest BCUT2D eigenvalue weighted by molar-refractivity contribution is 6.16. The van der Waals surface area contributed by atoms with E-state index in [9.17, 15) is 4.79 Å². The zero-order chi connectivity index (χ0) is 22.6. The van der Waals surface area contributed by atoms with Gasteiger partial charge in [0.15, 0.2) is 23.0 Å². The average molecular weight is 453 g/mol. The van der Waals surface area contributed by atoms with Crippen molar-refractivity contribution in [2.75, 3.05) is 0 Å². The Hall–Kier alpha value is -4.95. The summed E-state index contributed by atoms with van der Waals surface area (Å²) < 4.78 is 13.5. The van der Waals surface area contributed by atoms with Crippen molar-refractivity contribution in [3.63, 3.8) is 0 Å². The topological polar surface area (TPSA) is 64.3 Å². The fourth-order valence-electron chi connectivity index (χ4n) is 6.70. The van der Waals surface area contributed by atoms with Gasteiger partial charge in [0.05, 0.1) is 22.4 Å². The molecule has 0 bridgehead atoms. The molecule has 1 spiro atoms. The molecule has 3 aliphatic rings. The molecule has 35 heavy (non-hydrogen) atoms. The van der Waals surface area contributed by atoms with Crippen molar-refractivity contribution >= 4 is 49.7 Å². The molecule has 0 amide bonds. The molecule has 0 fully saturated rings. The van der Waals surface area contributed by atoms with Crippen LogP contribution >= 0.6 is 0 Å². The number of fused-ring (bicyclic) bond motifs is 3. The van der Waals surface area contributed by atoms with Gasteiger partial charge in [0.2, 0.25) is 22.9 Å². The summed E-state index contributed by atoms with van der Waals surface area (Å²) in [5.74, 6) is 1.53. The molecular formula is C27H13N6O2+3. The summed E-state index contributed by atoms with van der Waals surface area (Å²) in [6, 6.07) is 16.2. The lowest BCUT2D eigenvalue weighted by Crippen LogP contribution is -2.83. The van der Waals surface area contributed by atoms with Gasteiger partial charge in [0, 0.05) is 33.9 Å². The SMILES string of the molecule is O=c1c2ccc3c4c2n2c5c1cncc5c1ncc[n+](c12)[N+]41c2c(cccc2-c2cccc[n+]21)O3. The number of para-hydroxylation sites is 1. The average Bonchev–Trinajstić information content (AvgIpc) is 3.40. The number of benzene rings is 2. The monoisotopic (exact) mass is 453 g/mol. The molecule has 1 unspecified atom stereocenters. The summed E-state index contributed by atoms with van der Waals surface area (Å²) in [7, 11) is 0. The van der Waals surface area contributed by atoms with Gasteiger partial charge in [0.1, 0.15) is 10.3 Å². The number of pyridine rings is 3. The lowest BCUT2D eigenvalue weighted by Gasteiger charge is -2.30.